The molecule has 1 N–H and O–H groups in total. The quantitative estimate of drug-likeness (QED) is 0.463. The van der Waals surface area contributed by atoms with Gasteiger partial charge >= 0.3 is 0 Å². The Labute approximate surface area is 155 Å². The van der Waals surface area contributed by atoms with Crippen molar-refractivity contribution in [2.45, 2.75) is 0 Å². The Hall–Kier alpha value is -3.67. The van der Waals surface area contributed by atoms with Gasteiger partial charge in [-0.1, -0.05) is 18.2 Å². The first-order valence-corrected chi connectivity index (χ1v) is 8.94. The molecule has 7 rings (SSSR count). The smallest absolute Gasteiger partial charge is 0.266 e. The van der Waals surface area contributed by atoms with Crippen molar-refractivity contribution in [3.05, 3.63) is 67.0 Å². The highest BCUT2D eigenvalue weighted by Gasteiger charge is 2.47. The lowest BCUT2D eigenvalue weighted by Crippen LogP contribution is -2.61. The number of H-pyrrole nitrogens is 1. The third kappa shape index (κ3) is 1.54. The van der Waals surface area contributed by atoms with E-state index in [2.05, 4.69) is 27.0 Å². The number of rotatable bonds is 1. The maximum atomic E-state index is 6.28. The normalized spacial score (nSPS) is 14.4. The van der Waals surface area contributed by atoms with Gasteiger partial charge in [0.25, 0.3) is 6.71 Å². The van der Waals surface area contributed by atoms with Crippen molar-refractivity contribution in [1.29, 1.82) is 0 Å². The third-order valence-corrected chi connectivity index (χ3v) is 5.60. The molecule has 3 aliphatic rings. The van der Waals surface area contributed by atoms with Crippen molar-refractivity contribution in [1.82, 2.24) is 9.97 Å². The molecule has 0 bridgehead atoms. The maximum absolute atomic E-state index is 6.28. The number of nitrogens with one attached hydrogen (secondary N) is 1. The summed E-state index contributed by atoms with van der Waals surface area (Å²) in [6, 6.07) is 18.4. The van der Waals surface area contributed by atoms with Gasteiger partial charge in [0.1, 0.15) is 23.0 Å². The van der Waals surface area contributed by atoms with E-state index >= 15 is 0 Å². The summed E-state index contributed by atoms with van der Waals surface area (Å²) in [5.74, 6) is 4.30. The number of hydrogen-bond donors (Lipinski definition) is 1. The standard InChI is InChI=1S/C21H12BN3O2/c1-4-12-18-14(6-1)26-16-8-3-9-17-20(16)22(18)19-13(5-2-7-15(19)27-17)25(12)21-23-10-11-24-21/h1-11H,(H,23,24). The molecule has 6 heteroatoms. The zero-order valence-corrected chi connectivity index (χ0v) is 14.1. The van der Waals surface area contributed by atoms with Crippen LogP contribution in [0.4, 0.5) is 17.3 Å². The Bertz CT molecular complexity index is 1180. The SMILES string of the molecule is c1cc2c3c(c1)Oc1cccc4c1B3c1c(cccc1N4c1ncc[nH]1)O2. The number of aromatic amines is 1. The number of hydrogen-bond acceptors (Lipinski definition) is 4. The van der Waals surface area contributed by atoms with E-state index in [0.29, 0.717) is 0 Å². The van der Waals surface area contributed by atoms with Crippen LogP contribution in [0.2, 0.25) is 0 Å². The van der Waals surface area contributed by atoms with Gasteiger partial charge in [0, 0.05) is 29.2 Å². The second-order valence-corrected chi connectivity index (χ2v) is 6.93. The Kier molecular flexibility index (Phi) is 2.27. The average molecular weight is 349 g/mol. The summed E-state index contributed by atoms with van der Waals surface area (Å²) in [7, 11) is 0. The molecule has 0 spiro atoms. The molecule has 1 aromatic heterocycles. The van der Waals surface area contributed by atoms with Crippen LogP contribution in [0.25, 0.3) is 0 Å². The first-order valence-electron chi connectivity index (χ1n) is 8.94. The Balaban J connectivity index is 1.65. The van der Waals surface area contributed by atoms with E-state index in [1.807, 2.05) is 48.7 Å². The fourth-order valence-corrected chi connectivity index (χ4v) is 4.61. The van der Waals surface area contributed by atoms with E-state index in [1.54, 1.807) is 6.20 Å². The van der Waals surface area contributed by atoms with Gasteiger partial charge in [0.05, 0.1) is 0 Å². The van der Waals surface area contributed by atoms with Crippen LogP contribution in [0.3, 0.4) is 0 Å². The van der Waals surface area contributed by atoms with Gasteiger partial charge in [-0.05, 0) is 47.3 Å². The molecule has 126 valence electrons. The van der Waals surface area contributed by atoms with Crippen molar-refractivity contribution >= 4 is 40.4 Å². The molecular weight excluding hydrogens is 337 g/mol. The highest BCUT2D eigenvalue weighted by Crippen LogP contribution is 2.43. The molecule has 3 aliphatic heterocycles. The van der Waals surface area contributed by atoms with E-state index in [-0.39, 0.29) is 6.71 Å². The van der Waals surface area contributed by atoms with Crippen LogP contribution in [-0.4, -0.2) is 16.7 Å². The Morgan fingerprint density at radius 3 is 1.85 bits per heavy atom. The molecule has 4 aromatic rings. The van der Waals surface area contributed by atoms with Crippen LogP contribution in [-0.2, 0) is 0 Å². The monoisotopic (exact) mass is 349 g/mol. The second-order valence-electron chi connectivity index (χ2n) is 6.93. The zero-order valence-electron chi connectivity index (χ0n) is 14.1. The molecule has 0 atom stereocenters. The summed E-state index contributed by atoms with van der Waals surface area (Å²) in [4.78, 5) is 9.91. The highest BCUT2D eigenvalue weighted by molar-refractivity contribution is 7.00. The van der Waals surface area contributed by atoms with Gasteiger partial charge in [-0.3, -0.25) is 4.90 Å². The lowest BCUT2D eigenvalue weighted by molar-refractivity contribution is 0.464. The van der Waals surface area contributed by atoms with E-state index in [9.17, 15) is 0 Å². The predicted octanol–water partition coefficient (Wildman–Crippen LogP) is 2.92. The molecule has 4 heterocycles. The van der Waals surface area contributed by atoms with Crippen molar-refractivity contribution in [2.24, 2.45) is 0 Å². The summed E-state index contributed by atoms with van der Waals surface area (Å²) in [5.41, 5.74) is 5.60. The fourth-order valence-electron chi connectivity index (χ4n) is 4.61. The predicted molar refractivity (Wildman–Crippen MR) is 105 cm³/mol. The Morgan fingerprint density at radius 2 is 1.30 bits per heavy atom. The number of imidazole rings is 1. The topological polar surface area (TPSA) is 50.4 Å². The van der Waals surface area contributed by atoms with Gasteiger partial charge in [0.15, 0.2) is 0 Å². The first kappa shape index (κ1) is 13.5. The third-order valence-electron chi connectivity index (χ3n) is 5.60. The molecule has 0 saturated heterocycles. The van der Waals surface area contributed by atoms with E-state index in [0.717, 1.165) is 56.7 Å². The van der Waals surface area contributed by atoms with Crippen molar-refractivity contribution in [2.75, 3.05) is 4.90 Å². The molecule has 0 amide bonds. The highest BCUT2D eigenvalue weighted by atomic mass is 16.5. The van der Waals surface area contributed by atoms with Crippen LogP contribution in [0.5, 0.6) is 23.0 Å². The molecule has 0 aliphatic carbocycles. The second kappa shape index (κ2) is 4.54. The molecule has 5 nitrogen and oxygen atoms in total. The van der Waals surface area contributed by atoms with Crippen molar-refractivity contribution in [3.8, 4) is 23.0 Å². The molecule has 0 fully saturated rings. The largest absolute Gasteiger partial charge is 0.458 e. The summed E-state index contributed by atoms with van der Waals surface area (Å²) >= 11 is 0. The molecule has 27 heavy (non-hydrogen) atoms. The van der Waals surface area contributed by atoms with Gasteiger partial charge in [-0.2, -0.15) is 0 Å². The number of aromatic nitrogens is 2. The minimum Gasteiger partial charge on any atom is -0.458 e. The fraction of sp³-hybridized carbons (Fsp3) is 0. The minimum atomic E-state index is 0.0994. The van der Waals surface area contributed by atoms with Crippen LogP contribution in [0, 0.1) is 0 Å². The number of anilines is 3. The van der Waals surface area contributed by atoms with E-state index in [4.69, 9.17) is 9.47 Å². The lowest BCUT2D eigenvalue weighted by Gasteiger charge is -2.41. The van der Waals surface area contributed by atoms with Gasteiger partial charge in [0.2, 0.25) is 5.95 Å². The zero-order chi connectivity index (χ0) is 17.5. The summed E-state index contributed by atoms with van der Waals surface area (Å²) in [5, 5.41) is 0. The molecule has 0 saturated carbocycles. The van der Waals surface area contributed by atoms with Crippen molar-refractivity contribution < 1.29 is 9.47 Å². The van der Waals surface area contributed by atoms with Gasteiger partial charge in [-0.15, -0.1) is 0 Å². The molecule has 0 unspecified atom stereocenters. The van der Waals surface area contributed by atoms with Crippen LogP contribution in [0.15, 0.2) is 67.0 Å². The van der Waals surface area contributed by atoms with Crippen LogP contribution in [0.1, 0.15) is 0 Å². The summed E-state index contributed by atoms with van der Waals surface area (Å²) < 4.78 is 12.6. The first-order chi connectivity index (χ1) is 13.4. The van der Waals surface area contributed by atoms with Crippen LogP contribution < -0.4 is 30.8 Å². The van der Waals surface area contributed by atoms with Crippen molar-refractivity contribution in [3.63, 3.8) is 0 Å². The molecule has 3 aromatic carbocycles. The summed E-state index contributed by atoms with van der Waals surface area (Å²) in [6.07, 6.45) is 3.61. The lowest BCUT2D eigenvalue weighted by atomic mass is 9.33. The van der Waals surface area contributed by atoms with Crippen LogP contribution >= 0.6 is 0 Å². The Morgan fingerprint density at radius 1 is 0.741 bits per heavy atom. The minimum absolute atomic E-state index is 0.0994. The van der Waals surface area contributed by atoms with Gasteiger partial charge in [-0.25, -0.2) is 4.98 Å². The summed E-state index contributed by atoms with van der Waals surface area (Å²) in [6.45, 7) is 0.0994. The molecule has 0 radical (unpaired) electrons. The van der Waals surface area contributed by atoms with E-state index < -0.39 is 0 Å². The number of ether oxygens (including phenoxy) is 2. The van der Waals surface area contributed by atoms with E-state index in [1.165, 1.54) is 0 Å². The number of nitrogens with zero attached hydrogens (tertiary/aromatic N) is 2. The number of benzene rings is 3. The van der Waals surface area contributed by atoms with Gasteiger partial charge < -0.3 is 14.5 Å². The maximum Gasteiger partial charge on any atom is 0.266 e. The average Bonchev–Trinajstić information content (AvgIpc) is 3.22. The molecular formula is C21H12BN3O2.